The first kappa shape index (κ1) is 12.0. The highest BCUT2D eigenvalue weighted by molar-refractivity contribution is 5.37. The van der Waals surface area contributed by atoms with E-state index in [-0.39, 0.29) is 6.04 Å². The summed E-state index contributed by atoms with van der Waals surface area (Å²) in [5.41, 5.74) is 7.96. The van der Waals surface area contributed by atoms with Crippen LogP contribution in [0.1, 0.15) is 36.6 Å². The molecule has 0 bridgehead atoms. The van der Waals surface area contributed by atoms with Crippen LogP contribution in [0, 0.1) is 13.8 Å². The lowest BCUT2D eigenvalue weighted by atomic mass is 9.97. The van der Waals surface area contributed by atoms with Gasteiger partial charge in [-0.05, 0) is 44.4 Å². The summed E-state index contributed by atoms with van der Waals surface area (Å²) in [6, 6.07) is 6.41. The van der Waals surface area contributed by atoms with Crippen molar-refractivity contribution >= 4 is 0 Å². The van der Waals surface area contributed by atoms with Crippen LogP contribution >= 0.6 is 0 Å². The van der Waals surface area contributed by atoms with Crippen molar-refractivity contribution in [1.82, 2.24) is 5.43 Å². The van der Waals surface area contributed by atoms with E-state index in [2.05, 4.69) is 57.4 Å². The molecule has 0 spiro atoms. The maximum absolute atomic E-state index is 5.58. The zero-order valence-electron chi connectivity index (χ0n) is 9.96. The van der Waals surface area contributed by atoms with Crippen LogP contribution in [-0.4, -0.2) is 0 Å². The summed E-state index contributed by atoms with van der Waals surface area (Å²) >= 11 is 0. The third kappa shape index (κ3) is 2.91. The summed E-state index contributed by atoms with van der Waals surface area (Å²) in [6.07, 6.45) is 2.14. The summed E-state index contributed by atoms with van der Waals surface area (Å²) in [5.74, 6) is 5.58. The fourth-order valence-electron chi connectivity index (χ4n) is 1.67. The summed E-state index contributed by atoms with van der Waals surface area (Å²) in [7, 11) is 0. The Morgan fingerprint density at radius 3 is 2.53 bits per heavy atom. The first-order valence-electron chi connectivity index (χ1n) is 5.23. The molecule has 82 valence electrons. The summed E-state index contributed by atoms with van der Waals surface area (Å²) in [4.78, 5) is 0. The minimum absolute atomic E-state index is 0.106. The molecule has 0 amide bonds. The third-order valence-electron chi connectivity index (χ3n) is 2.66. The number of rotatable bonds is 3. The molecule has 0 heterocycles. The zero-order chi connectivity index (χ0) is 11.4. The second-order valence-corrected chi connectivity index (χ2v) is 4.18. The Labute approximate surface area is 92.2 Å². The number of benzene rings is 1. The van der Waals surface area contributed by atoms with Crippen LogP contribution in [0.5, 0.6) is 0 Å². The molecule has 0 radical (unpaired) electrons. The lowest BCUT2D eigenvalue weighted by Gasteiger charge is -2.16. The van der Waals surface area contributed by atoms with Crippen molar-refractivity contribution in [3.8, 4) is 0 Å². The second kappa shape index (κ2) is 5.10. The molecule has 3 N–H and O–H groups in total. The van der Waals surface area contributed by atoms with Gasteiger partial charge in [0, 0.05) is 0 Å². The van der Waals surface area contributed by atoms with Crippen molar-refractivity contribution in [3.63, 3.8) is 0 Å². The summed E-state index contributed by atoms with van der Waals surface area (Å²) in [6.45, 7) is 8.41. The molecular weight excluding hydrogens is 184 g/mol. The molecular formula is C13H20N2. The molecule has 0 fully saturated rings. The maximum Gasteiger partial charge on any atom is 0.0645 e. The van der Waals surface area contributed by atoms with Crippen LogP contribution in [-0.2, 0) is 0 Å². The summed E-state index contributed by atoms with van der Waals surface area (Å²) < 4.78 is 0. The highest BCUT2D eigenvalue weighted by atomic mass is 15.2. The largest absolute Gasteiger partial charge is 0.271 e. The fraction of sp³-hybridized carbons (Fsp3) is 0.385. The number of nitrogens with one attached hydrogen (secondary N) is 1. The van der Waals surface area contributed by atoms with E-state index in [1.165, 1.54) is 22.3 Å². The Morgan fingerprint density at radius 2 is 2.00 bits per heavy atom. The minimum Gasteiger partial charge on any atom is -0.271 e. The molecule has 0 saturated heterocycles. The fourth-order valence-corrected chi connectivity index (χ4v) is 1.67. The van der Waals surface area contributed by atoms with Gasteiger partial charge in [-0.2, -0.15) is 0 Å². The SMILES string of the molecule is CC(C)=CC(NN)c1cccc(C)c1C. The van der Waals surface area contributed by atoms with E-state index >= 15 is 0 Å². The van der Waals surface area contributed by atoms with Gasteiger partial charge in [-0.25, -0.2) is 5.43 Å². The van der Waals surface area contributed by atoms with Crippen LogP contribution in [0.4, 0.5) is 0 Å². The van der Waals surface area contributed by atoms with Crippen LogP contribution in [0.3, 0.4) is 0 Å². The number of hydrogen-bond donors (Lipinski definition) is 2. The van der Waals surface area contributed by atoms with Gasteiger partial charge >= 0.3 is 0 Å². The molecule has 2 nitrogen and oxygen atoms in total. The standard InChI is InChI=1S/C13H20N2/c1-9(2)8-13(15-14)12-7-5-6-10(3)11(12)4/h5-8,13,15H,14H2,1-4H3. The first-order valence-corrected chi connectivity index (χ1v) is 5.23. The summed E-state index contributed by atoms with van der Waals surface area (Å²) in [5, 5.41) is 0. The van der Waals surface area contributed by atoms with Gasteiger partial charge in [-0.1, -0.05) is 29.8 Å². The number of hydrogen-bond acceptors (Lipinski definition) is 2. The van der Waals surface area contributed by atoms with Crippen LogP contribution in [0.2, 0.25) is 0 Å². The Hall–Kier alpha value is -1.12. The molecule has 0 saturated carbocycles. The van der Waals surface area contributed by atoms with E-state index in [0.29, 0.717) is 0 Å². The van der Waals surface area contributed by atoms with Crippen molar-refractivity contribution < 1.29 is 0 Å². The minimum atomic E-state index is 0.106. The van der Waals surface area contributed by atoms with Gasteiger partial charge in [-0.15, -0.1) is 0 Å². The molecule has 1 aromatic carbocycles. The molecule has 2 heteroatoms. The average Bonchev–Trinajstić information content (AvgIpc) is 2.19. The van der Waals surface area contributed by atoms with Crippen molar-refractivity contribution in [2.75, 3.05) is 0 Å². The van der Waals surface area contributed by atoms with E-state index in [0.717, 1.165) is 0 Å². The van der Waals surface area contributed by atoms with Crippen molar-refractivity contribution in [3.05, 3.63) is 46.5 Å². The number of allylic oxidation sites excluding steroid dienone is 1. The quantitative estimate of drug-likeness (QED) is 0.451. The monoisotopic (exact) mass is 204 g/mol. The highest BCUT2D eigenvalue weighted by Crippen LogP contribution is 2.21. The van der Waals surface area contributed by atoms with E-state index in [4.69, 9.17) is 5.84 Å². The molecule has 0 aliphatic heterocycles. The highest BCUT2D eigenvalue weighted by Gasteiger charge is 2.09. The Bertz CT molecular complexity index is 363. The Balaban J connectivity index is 3.13. The molecule has 0 aromatic heterocycles. The molecule has 0 aliphatic rings. The molecule has 1 atom stereocenters. The zero-order valence-corrected chi connectivity index (χ0v) is 9.96. The van der Waals surface area contributed by atoms with Gasteiger partial charge in [0.15, 0.2) is 0 Å². The normalized spacial score (nSPS) is 12.3. The first-order chi connectivity index (χ1) is 7.06. The van der Waals surface area contributed by atoms with E-state index in [1.807, 2.05) is 0 Å². The maximum atomic E-state index is 5.58. The van der Waals surface area contributed by atoms with Gasteiger partial charge in [0.2, 0.25) is 0 Å². The molecule has 1 aromatic rings. The van der Waals surface area contributed by atoms with Gasteiger partial charge in [0.05, 0.1) is 6.04 Å². The average molecular weight is 204 g/mol. The van der Waals surface area contributed by atoms with Gasteiger partial charge in [0.25, 0.3) is 0 Å². The number of nitrogens with two attached hydrogens (primary N) is 1. The van der Waals surface area contributed by atoms with Crippen molar-refractivity contribution in [1.29, 1.82) is 0 Å². The predicted molar refractivity (Wildman–Crippen MR) is 65.4 cm³/mol. The van der Waals surface area contributed by atoms with Gasteiger partial charge in [0.1, 0.15) is 0 Å². The topological polar surface area (TPSA) is 38.0 Å². The molecule has 15 heavy (non-hydrogen) atoms. The molecule has 1 rings (SSSR count). The van der Waals surface area contributed by atoms with E-state index in [1.54, 1.807) is 0 Å². The lowest BCUT2D eigenvalue weighted by molar-refractivity contribution is 0.648. The second-order valence-electron chi connectivity index (χ2n) is 4.18. The van der Waals surface area contributed by atoms with Crippen molar-refractivity contribution in [2.45, 2.75) is 33.7 Å². The van der Waals surface area contributed by atoms with Crippen molar-refractivity contribution in [2.24, 2.45) is 5.84 Å². The van der Waals surface area contributed by atoms with Gasteiger partial charge in [-0.3, -0.25) is 5.84 Å². The molecule has 0 aliphatic carbocycles. The number of hydrazine groups is 1. The van der Waals surface area contributed by atoms with Crippen LogP contribution < -0.4 is 11.3 Å². The number of aryl methyl sites for hydroxylation is 1. The van der Waals surface area contributed by atoms with Crippen LogP contribution in [0.15, 0.2) is 29.8 Å². The smallest absolute Gasteiger partial charge is 0.0645 e. The van der Waals surface area contributed by atoms with E-state index < -0.39 is 0 Å². The van der Waals surface area contributed by atoms with Crippen LogP contribution in [0.25, 0.3) is 0 Å². The molecule has 1 unspecified atom stereocenters. The third-order valence-corrected chi connectivity index (χ3v) is 2.66. The van der Waals surface area contributed by atoms with Gasteiger partial charge < -0.3 is 0 Å². The predicted octanol–water partition coefficient (Wildman–Crippen LogP) is 2.77. The lowest BCUT2D eigenvalue weighted by Crippen LogP contribution is -2.27. The van der Waals surface area contributed by atoms with E-state index in [9.17, 15) is 0 Å². The Kier molecular flexibility index (Phi) is 4.06. The Morgan fingerprint density at radius 1 is 1.33 bits per heavy atom.